The van der Waals surface area contributed by atoms with Crippen molar-refractivity contribution in [3.8, 4) is 6.07 Å². The van der Waals surface area contributed by atoms with Gasteiger partial charge < -0.3 is 0 Å². The molecular formula is C39H40F6MoNO2P3PtU. The van der Waals surface area contributed by atoms with Crippen molar-refractivity contribution in [1.29, 1.82) is 5.26 Å². The Morgan fingerprint density at radius 3 is 0.870 bits per heavy atom. The van der Waals surface area contributed by atoms with Crippen LogP contribution in [0.3, 0.4) is 0 Å². The smallest absolute Gasteiger partial charge is 0.0622 e. The predicted molar refractivity (Wildman–Crippen MR) is 203 cm³/mol. The Balaban J connectivity index is -0.000000312. The van der Waals surface area contributed by atoms with Crippen molar-refractivity contribution in [3.05, 3.63) is 165 Å². The van der Waals surface area contributed by atoms with Gasteiger partial charge in [0.15, 0.2) is 0 Å². The minimum atomic E-state index is -10.7. The largest absolute Gasteiger partial charge is 0.102 e. The number of rotatable bonds is 5. The van der Waals surface area contributed by atoms with E-state index in [1.807, 2.05) is 0 Å². The zero-order chi connectivity index (χ0) is 38.5. The molecule has 0 radical (unpaired) electrons. The van der Waals surface area contributed by atoms with E-state index in [2.05, 4.69) is 165 Å². The normalized spacial score (nSPS) is 11.5. The Morgan fingerprint density at radius 1 is 0.519 bits per heavy atom. The molecule has 54 heavy (non-hydrogen) atoms. The van der Waals surface area contributed by atoms with Crippen LogP contribution in [-0.4, -0.2) is 0 Å². The Labute approximate surface area is 370 Å². The zero-order valence-corrected chi connectivity index (χ0v) is 40.5. The average molecular weight is 1290 g/mol. The van der Waals surface area contributed by atoms with Gasteiger partial charge in [-0.25, -0.2) is 0 Å². The van der Waals surface area contributed by atoms with E-state index in [1.54, 1.807) is 6.07 Å². The Morgan fingerprint density at radius 2 is 0.685 bits per heavy atom. The van der Waals surface area contributed by atoms with E-state index in [0.29, 0.717) is 0 Å². The molecule has 290 valence electrons. The first-order valence-corrected chi connectivity index (χ1v) is 20.0. The van der Waals surface area contributed by atoms with Crippen LogP contribution in [0, 0.1) is 55.7 Å². The van der Waals surface area contributed by atoms with Crippen LogP contribution in [0.1, 0.15) is 39.0 Å². The number of nitriles is 1. The average Bonchev–Trinajstić information content (AvgIpc) is 3.73. The van der Waals surface area contributed by atoms with Crippen LogP contribution >= 0.6 is 24.3 Å². The van der Waals surface area contributed by atoms with Gasteiger partial charge in [0, 0.05) is 80.2 Å². The van der Waals surface area contributed by atoms with Crippen molar-refractivity contribution in [2.24, 2.45) is 0 Å². The van der Waals surface area contributed by atoms with Crippen LogP contribution in [0.25, 0.3) is 0 Å². The molecule has 0 amide bonds. The van der Waals surface area contributed by atoms with Gasteiger partial charge in [-0.3, -0.25) is 0 Å². The van der Waals surface area contributed by atoms with Crippen LogP contribution in [0.2, 0.25) is 0 Å². The Hall–Kier alpha value is -1.63. The van der Waals surface area contributed by atoms with Crippen LogP contribution in [-0.2, 0) is 51.4 Å². The molecule has 0 heterocycles. The first-order valence-electron chi connectivity index (χ1n) is 15.4. The minimum absolute atomic E-state index is 0. The summed E-state index contributed by atoms with van der Waals surface area (Å²) in [4.78, 5) is 0. The molecule has 1 aliphatic rings. The number of hydrogen-bond acceptors (Lipinski definition) is 1. The summed E-state index contributed by atoms with van der Waals surface area (Å²) in [5.74, 6) is 0. The van der Waals surface area contributed by atoms with Gasteiger partial charge in [0.2, 0.25) is 0 Å². The molecule has 5 aromatic rings. The maximum Gasteiger partial charge on any atom is 0.102 e. The fourth-order valence-corrected chi connectivity index (χ4v) is 8.04. The van der Waals surface area contributed by atoms with Gasteiger partial charge in [-0.05, 0) is 47.0 Å². The van der Waals surface area contributed by atoms with Crippen molar-refractivity contribution in [1.82, 2.24) is 0 Å². The first kappa shape index (κ1) is 59.1. The van der Waals surface area contributed by atoms with Crippen LogP contribution in [0.15, 0.2) is 152 Å². The molecule has 1 saturated carbocycles. The molecule has 0 N–H and O–H groups in total. The number of benzene rings is 5. The van der Waals surface area contributed by atoms with Gasteiger partial charge >= 0.3 is 55.6 Å². The van der Waals surface area contributed by atoms with E-state index in [9.17, 15) is 25.2 Å². The second-order valence-corrected chi connectivity index (χ2v) is 16.1. The summed E-state index contributed by atoms with van der Waals surface area (Å²) < 4.78 is 74.2. The maximum absolute atomic E-state index is 10.7. The third-order valence-electron chi connectivity index (χ3n) is 6.27. The zero-order valence-electron chi connectivity index (χ0n) is 29.2. The predicted octanol–water partition coefficient (Wildman–Crippen LogP) is 11.3. The molecule has 0 saturated heterocycles. The SMILES string of the molecule is C1CCCC1.CC#N.F[P-](F)(F)(F)(F)F.[C-]#[O+].[C-]#[O+].[Mo].[Pt].[U].c1ccc(Pc2ccccc2)cc1.c1ccc([PH+](c2ccccc2)c2ccccc2)cc1. The molecule has 1 aliphatic carbocycles. The topological polar surface area (TPSA) is 63.6 Å². The molecule has 0 aromatic heterocycles. The summed E-state index contributed by atoms with van der Waals surface area (Å²) in [5.41, 5.74) is 0. The van der Waals surface area contributed by atoms with Crippen LogP contribution in [0.5, 0.6) is 0 Å². The Kier molecular flexibility index (Phi) is 35.5. The second kappa shape index (κ2) is 32.5. The van der Waals surface area contributed by atoms with Crippen molar-refractivity contribution >= 4 is 50.8 Å². The fourth-order valence-electron chi connectivity index (χ4n) is 4.41. The third kappa shape index (κ3) is 34.8. The van der Waals surface area contributed by atoms with Crippen molar-refractivity contribution in [2.75, 3.05) is 0 Å². The summed E-state index contributed by atoms with van der Waals surface area (Å²) in [6.07, 6.45) is 7.50. The number of halogens is 6. The van der Waals surface area contributed by atoms with E-state index < -0.39 is 15.7 Å². The van der Waals surface area contributed by atoms with Gasteiger partial charge in [-0.1, -0.05) is 156 Å². The molecule has 0 atom stereocenters. The van der Waals surface area contributed by atoms with Crippen molar-refractivity contribution in [2.45, 2.75) is 39.0 Å². The van der Waals surface area contributed by atoms with Crippen molar-refractivity contribution < 1.29 is 108 Å². The Bertz CT molecular complexity index is 1530. The fraction of sp³-hybridized carbons (Fsp3) is 0.154. The number of hydrogen-bond donors (Lipinski definition) is 0. The summed E-state index contributed by atoms with van der Waals surface area (Å²) in [6.45, 7) is 10.4. The van der Waals surface area contributed by atoms with E-state index in [0.717, 1.165) is 8.58 Å². The van der Waals surface area contributed by atoms with E-state index in [1.165, 1.54) is 65.6 Å². The standard InChI is InChI=1S/C18H15P.C12H11P.C5H10.C2H3N.2CO.F6P.Mo.Pt.U/c1-4-10-16(11-5-1)19(17-12-6-2-7-13-17)18-14-8-3-9-15-18;1-3-7-11(8-4-1)13-12-9-5-2-6-10-12;1-2-4-5-3-1;1-2-3;2*1-2;1-7(2,3,4,5)6;;;/h1-15H;1-10,13H;1-5H2;1H3;;;;;;/q;;;;;;-1;;;/p+1. The maximum atomic E-state index is 9.87. The molecule has 3 nitrogen and oxygen atoms in total. The summed E-state index contributed by atoms with van der Waals surface area (Å²) in [7, 11) is -10.8. The summed E-state index contributed by atoms with van der Waals surface area (Å²) >= 11 is 0. The van der Waals surface area contributed by atoms with Gasteiger partial charge in [0.1, 0.15) is 15.9 Å². The van der Waals surface area contributed by atoms with E-state index in [4.69, 9.17) is 14.6 Å². The molecule has 1 fully saturated rings. The molecule has 5 aromatic carbocycles. The monoisotopic (exact) mass is 1290 g/mol. The molecule has 0 bridgehead atoms. The van der Waals surface area contributed by atoms with Crippen LogP contribution in [0.4, 0.5) is 25.2 Å². The molecule has 0 aliphatic heterocycles. The summed E-state index contributed by atoms with van der Waals surface area (Å²) in [5, 5.41) is 14.4. The minimum Gasteiger partial charge on any atom is -0.0622 e. The van der Waals surface area contributed by atoms with Gasteiger partial charge in [-0.15, -0.1) is 0 Å². The molecule has 0 spiro atoms. The number of nitrogens with zero attached hydrogens (tertiary/aromatic N) is 1. The molecular weight excluding hydrogens is 1250 g/mol. The van der Waals surface area contributed by atoms with Crippen molar-refractivity contribution in [3.63, 3.8) is 0 Å². The van der Waals surface area contributed by atoms with E-state index in [-0.39, 0.29) is 73.2 Å². The van der Waals surface area contributed by atoms with Gasteiger partial charge in [-0.2, -0.15) is 5.26 Å². The quantitative estimate of drug-likeness (QED) is 0.0569. The molecule has 15 heteroatoms. The molecule has 6 rings (SSSR count). The second-order valence-electron chi connectivity index (χ2n) is 10.3. The van der Waals surface area contributed by atoms with Gasteiger partial charge in [0.05, 0.1) is 14.0 Å². The summed E-state index contributed by atoms with van der Waals surface area (Å²) in [6, 6.07) is 55.4. The first-order chi connectivity index (χ1) is 24.3. The van der Waals surface area contributed by atoms with Gasteiger partial charge in [0.25, 0.3) is 0 Å². The third-order valence-corrected chi connectivity index (χ3v) is 10.2. The van der Waals surface area contributed by atoms with Crippen LogP contribution < -0.4 is 26.5 Å². The molecule has 0 unspecified atom stereocenters. The van der Waals surface area contributed by atoms with E-state index >= 15 is 0 Å².